The summed E-state index contributed by atoms with van der Waals surface area (Å²) in [6, 6.07) is 9.47. The number of halogens is 1. The molecular formula is C15H9ClN2O3. The fourth-order valence-electron chi connectivity index (χ4n) is 2.11. The number of pyridine rings is 1. The highest BCUT2D eigenvalue weighted by Crippen LogP contribution is 2.30. The second kappa shape index (κ2) is 5.03. The Morgan fingerprint density at radius 1 is 1.14 bits per heavy atom. The molecule has 2 N–H and O–H groups in total. The summed E-state index contributed by atoms with van der Waals surface area (Å²) in [7, 11) is 0. The Labute approximate surface area is 123 Å². The van der Waals surface area contributed by atoms with Crippen molar-refractivity contribution in [2.24, 2.45) is 0 Å². The highest BCUT2D eigenvalue weighted by molar-refractivity contribution is 6.31. The van der Waals surface area contributed by atoms with Gasteiger partial charge in [-0.1, -0.05) is 17.7 Å². The summed E-state index contributed by atoms with van der Waals surface area (Å²) in [5.74, 6) is -0.302. The summed E-state index contributed by atoms with van der Waals surface area (Å²) in [5, 5.41) is 11.1. The van der Waals surface area contributed by atoms with Crippen molar-refractivity contribution in [2.45, 2.75) is 0 Å². The van der Waals surface area contributed by atoms with Crippen LogP contribution in [-0.2, 0) is 0 Å². The Morgan fingerprint density at radius 3 is 2.67 bits per heavy atom. The van der Waals surface area contributed by atoms with E-state index in [0.717, 1.165) is 0 Å². The predicted molar refractivity (Wildman–Crippen MR) is 80.7 cm³/mol. The number of hydrogen-bond acceptors (Lipinski definition) is 4. The van der Waals surface area contributed by atoms with Crippen molar-refractivity contribution in [1.82, 2.24) is 9.97 Å². The van der Waals surface area contributed by atoms with Crippen molar-refractivity contribution in [1.29, 1.82) is 0 Å². The van der Waals surface area contributed by atoms with Crippen LogP contribution in [-0.4, -0.2) is 15.1 Å². The highest BCUT2D eigenvalue weighted by Gasteiger charge is 2.15. The van der Waals surface area contributed by atoms with Crippen LogP contribution in [0.3, 0.4) is 0 Å². The van der Waals surface area contributed by atoms with E-state index in [1.54, 1.807) is 24.3 Å². The number of rotatable bonds is 1. The lowest BCUT2D eigenvalue weighted by Gasteiger charge is -2.01. The molecule has 5 nitrogen and oxygen atoms in total. The van der Waals surface area contributed by atoms with E-state index in [9.17, 15) is 14.7 Å². The molecular weight excluding hydrogens is 292 g/mol. The average molecular weight is 301 g/mol. The second-order valence-corrected chi connectivity index (χ2v) is 4.85. The number of nitrogens with one attached hydrogen (secondary N) is 1. The fraction of sp³-hybridized carbons (Fsp3) is 0. The second-order valence-electron chi connectivity index (χ2n) is 4.41. The predicted octanol–water partition coefficient (Wildman–Crippen LogP) is 2.31. The van der Waals surface area contributed by atoms with E-state index in [-0.39, 0.29) is 22.5 Å². The third kappa shape index (κ3) is 2.28. The van der Waals surface area contributed by atoms with Crippen LogP contribution in [0.25, 0.3) is 22.2 Å². The number of benzene rings is 1. The number of aromatic amines is 1. The quantitative estimate of drug-likeness (QED) is 0.676. The van der Waals surface area contributed by atoms with Gasteiger partial charge < -0.3 is 10.1 Å². The van der Waals surface area contributed by atoms with Gasteiger partial charge in [-0.3, -0.25) is 14.6 Å². The molecule has 0 fully saturated rings. The van der Waals surface area contributed by atoms with Crippen LogP contribution in [0.5, 0.6) is 5.75 Å². The lowest BCUT2D eigenvalue weighted by Crippen LogP contribution is -2.25. The first kappa shape index (κ1) is 13.3. The summed E-state index contributed by atoms with van der Waals surface area (Å²) in [5.41, 5.74) is -1.31. The van der Waals surface area contributed by atoms with Crippen molar-refractivity contribution in [2.75, 3.05) is 0 Å². The normalized spacial score (nSPS) is 10.7. The molecule has 0 radical (unpaired) electrons. The van der Waals surface area contributed by atoms with Crippen LogP contribution in [0, 0.1) is 0 Å². The van der Waals surface area contributed by atoms with Gasteiger partial charge in [-0.05, 0) is 30.3 Å². The molecule has 0 saturated carbocycles. The zero-order chi connectivity index (χ0) is 15.0. The third-order valence-electron chi connectivity index (χ3n) is 3.08. The van der Waals surface area contributed by atoms with Crippen molar-refractivity contribution in [3.8, 4) is 17.0 Å². The van der Waals surface area contributed by atoms with E-state index in [1.807, 2.05) is 0 Å². The van der Waals surface area contributed by atoms with Gasteiger partial charge in [-0.25, -0.2) is 0 Å². The Balaban J connectivity index is 2.55. The SMILES string of the molecule is O=c1[nH]c2cc(Cl)ccc2c(O)c(-c2ccccn2)c1=O. The fourth-order valence-corrected chi connectivity index (χ4v) is 2.28. The Morgan fingerprint density at radius 2 is 1.95 bits per heavy atom. The van der Waals surface area contributed by atoms with E-state index in [0.29, 0.717) is 10.4 Å². The first-order chi connectivity index (χ1) is 10.1. The Bertz CT molecular complexity index is 952. The number of aromatic nitrogens is 2. The molecule has 6 heteroatoms. The zero-order valence-electron chi connectivity index (χ0n) is 10.6. The minimum Gasteiger partial charge on any atom is -0.506 e. The van der Waals surface area contributed by atoms with Gasteiger partial charge in [0.1, 0.15) is 5.75 Å². The molecule has 0 unspecified atom stereocenters. The molecule has 2 aromatic heterocycles. The molecule has 0 spiro atoms. The van der Waals surface area contributed by atoms with Crippen LogP contribution in [0.4, 0.5) is 0 Å². The molecule has 3 rings (SSSR count). The van der Waals surface area contributed by atoms with Crippen molar-refractivity contribution >= 4 is 22.5 Å². The van der Waals surface area contributed by atoms with Gasteiger partial charge in [-0.15, -0.1) is 0 Å². The maximum absolute atomic E-state index is 12.2. The lowest BCUT2D eigenvalue weighted by atomic mass is 10.1. The van der Waals surface area contributed by atoms with E-state index in [2.05, 4.69) is 9.97 Å². The van der Waals surface area contributed by atoms with Crippen LogP contribution >= 0.6 is 11.6 Å². The standard InChI is InChI=1S/C15H9ClN2O3/c16-8-4-5-9-11(7-8)18-15(21)14(20)12(13(9)19)10-3-1-2-6-17-10/h1-7,19H,(H,18,20,21). The summed E-state index contributed by atoms with van der Waals surface area (Å²) in [6.07, 6.45) is 1.48. The molecule has 0 aliphatic heterocycles. The third-order valence-corrected chi connectivity index (χ3v) is 3.31. The van der Waals surface area contributed by atoms with Crippen molar-refractivity contribution in [3.63, 3.8) is 0 Å². The van der Waals surface area contributed by atoms with Gasteiger partial charge in [-0.2, -0.15) is 0 Å². The molecule has 0 aliphatic carbocycles. The van der Waals surface area contributed by atoms with Crippen molar-refractivity contribution in [3.05, 3.63) is 68.2 Å². The summed E-state index contributed by atoms with van der Waals surface area (Å²) in [4.78, 5) is 30.6. The van der Waals surface area contributed by atoms with Crippen LogP contribution in [0.1, 0.15) is 0 Å². The molecule has 0 saturated heterocycles. The van der Waals surface area contributed by atoms with Gasteiger partial charge in [0.25, 0.3) is 11.0 Å². The molecule has 3 aromatic rings. The summed E-state index contributed by atoms with van der Waals surface area (Å²) < 4.78 is 0. The highest BCUT2D eigenvalue weighted by atomic mass is 35.5. The lowest BCUT2D eigenvalue weighted by molar-refractivity contribution is 0.483. The number of nitrogens with zero attached hydrogens (tertiary/aromatic N) is 1. The monoisotopic (exact) mass is 300 g/mol. The molecule has 1 aromatic carbocycles. The van der Waals surface area contributed by atoms with E-state index < -0.39 is 11.0 Å². The van der Waals surface area contributed by atoms with Gasteiger partial charge in [0, 0.05) is 16.6 Å². The maximum Gasteiger partial charge on any atom is 0.297 e. The largest absolute Gasteiger partial charge is 0.506 e. The topological polar surface area (TPSA) is 83.1 Å². The molecule has 0 amide bonds. The number of H-pyrrole nitrogens is 1. The molecule has 2 heterocycles. The number of aromatic hydroxyl groups is 1. The molecule has 0 atom stereocenters. The van der Waals surface area contributed by atoms with E-state index in [1.165, 1.54) is 18.3 Å². The summed E-state index contributed by atoms with van der Waals surface area (Å²) in [6.45, 7) is 0. The first-order valence-electron chi connectivity index (χ1n) is 6.08. The van der Waals surface area contributed by atoms with E-state index in [4.69, 9.17) is 11.6 Å². The van der Waals surface area contributed by atoms with Gasteiger partial charge in [0.2, 0.25) is 0 Å². The van der Waals surface area contributed by atoms with Gasteiger partial charge in [0.15, 0.2) is 0 Å². The van der Waals surface area contributed by atoms with E-state index >= 15 is 0 Å². The first-order valence-corrected chi connectivity index (χ1v) is 6.46. The zero-order valence-corrected chi connectivity index (χ0v) is 11.4. The Kier molecular flexibility index (Phi) is 3.19. The average Bonchev–Trinajstić information content (AvgIpc) is 2.56. The molecule has 0 aliphatic rings. The van der Waals surface area contributed by atoms with Crippen LogP contribution < -0.4 is 11.0 Å². The van der Waals surface area contributed by atoms with Gasteiger partial charge >= 0.3 is 0 Å². The minimum absolute atomic E-state index is 0.130. The smallest absolute Gasteiger partial charge is 0.297 e. The number of hydrogen-bond donors (Lipinski definition) is 2. The molecule has 0 bridgehead atoms. The van der Waals surface area contributed by atoms with Gasteiger partial charge in [0.05, 0.1) is 16.8 Å². The van der Waals surface area contributed by atoms with Crippen LogP contribution in [0.2, 0.25) is 5.02 Å². The molecule has 104 valence electrons. The maximum atomic E-state index is 12.2. The Hall–Kier alpha value is -2.66. The number of fused-ring (bicyclic) bond motifs is 1. The molecule has 21 heavy (non-hydrogen) atoms. The minimum atomic E-state index is -0.849. The van der Waals surface area contributed by atoms with Crippen molar-refractivity contribution < 1.29 is 5.11 Å². The van der Waals surface area contributed by atoms with Crippen LogP contribution in [0.15, 0.2) is 52.2 Å². The summed E-state index contributed by atoms with van der Waals surface area (Å²) >= 11 is 5.87.